The smallest absolute Gasteiger partial charge is 0.346 e. The van der Waals surface area contributed by atoms with Crippen LogP contribution in [0, 0.1) is 0 Å². The lowest BCUT2D eigenvalue weighted by molar-refractivity contribution is 0.0442. The lowest BCUT2D eigenvalue weighted by Crippen LogP contribution is -2.08. The topological polar surface area (TPSA) is 95.5 Å². The predicted octanol–water partition coefficient (Wildman–Crippen LogP) is 1.58. The molecule has 1 aliphatic rings. The largest absolute Gasteiger partial charge is 0.462 e. The van der Waals surface area contributed by atoms with Gasteiger partial charge in [0, 0.05) is 6.20 Å². The zero-order chi connectivity index (χ0) is 16.2. The van der Waals surface area contributed by atoms with Gasteiger partial charge in [-0.3, -0.25) is 0 Å². The van der Waals surface area contributed by atoms with Crippen LogP contribution in [0.4, 0.5) is 0 Å². The highest BCUT2D eigenvalue weighted by Crippen LogP contribution is 2.21. The molecule has 1 aromatic carbocycles. The van der Waals surface area contributed by atoms with Gasteiger partial charge in [0.1, 0.15) is 0 Å². The number of carbonyl (C=O) groups excluding carboxylic acids is 3. The van der Waals surface area contributed by atoms with Crippen molar-refractivity contribution in [2.24, 2.45) is 0 Å². The average molecular weight is 312 g/mol. The minimum Gasteiger partial charge on any atom is -0.462 e. The van der Waals surface area contributed by atoms with Gasteiger partial charge in [0.05, 0.1) is 29.0 Å². The number of aromatic nitrogens is 2. The van der Waals surface area contributed by atoms with E-state index < -0.39 is 17.9 Å². The number of esters is 3. The number of ether oxygens (including phenoxy) is 2. The van der Waals surface area contributed by atoms with Crippen molar-refractivity contribution in [2.75, 3.05) is 6.61 Å². The predicted molar refractivity (Wildman–Crippen MR) is 76.8 cm³/mol. The van der Waals surface area contributed by atoms with Crippen molar-refractivity contribution in [1.82, 2.24) is 10.2 Å². The molecule has 0 aliphatic carbocycles. The third-order valence-electron chi connectivity index (χ3n) is 3.32. The molecule has 7 heteroatoms. The molecule has 0 radical (unpaired) electrons. The maximum absolute atomic E-state index is 12.0. The molecule has 0 saturated heterocycles. The number of cyclic esters (lactones) is 2. The Kier molecular flexibility index (Phi) is 4.09. The van der Waals surface area contributed by atoms with E-state index in [1.54, 1.807) is 12.3 Å². The molecule has 3 rings (SSSR count). The molecule has 23 heavy (non-hydrogen) atoms. The molecule has 0 fully saturated rings. The number of fused-ring (bicyclic) bond motifs is 1. The zero-order valence-corrected chi connectivity index (χ0v) is 12.0. The number of hydrogen-bond acceptors (Lipinski definition) is 7. The second-order valence-electron chi connectivity index (χ2n) is 4.89. The van der Waals surface area contributed by atoms with Crippen LogP contribution < -0.4 is 0 Å². The van der Waals surface area contributed by atoms with Crippen LogP contribution in [0.25, 0.3) is 0 Å². The van der Waals surface area contributed by atoms with Crippen LogP contribution in [-0.2, 0) is 15.9 Å². The van der Waals surface area contributed by atoms with Gasteiger partial charge in [0.25, 0.3) is 0 Å². The number of nitrogens with zero attached hydrogens (tertiary/aromatic N) is 2. The van der Waals surface area contributed by atoms with E-state index in [1.165, 1.54) is 18.2 Å². The van der Waals surface area contributed by atoms with Gasteiger partial charge in [0.2, 0.25) is 0 Å². The summed E-state index contributed by atoms with van der Waals surface area (Å²) in [6.45, 7) is 0.218. The molecule has 0 spiro atoms. The van der Waals surface area contributed by atoms with Crippen molar-refractivity contribution in [2.45, 2.75) is 12.8 Å². The number of carbonyl (C=O) groups is 3. The van der Waals surface area contributed by atoms with Crippen LogP contribution in [0.3, 0.4) is 0 Å². The van der Waals surface area contributed by atoms with Crippen molar-refractivity contribution in [3.63, 3.8) is 0 Å². The van der Waals surface area contributed by atoms with Gasteiger partial charge in [-0.2, -0.15) is 10.2 Å². The van der Waals surface area contributed by atoms with Crippen molar-refractivity contribution in [3.8, 4) is 0 Å². The zero-order valence-electron chi connectivity index (χ0n) is 12.0. The van der Waals surface area contributed by atoms with Gasteiger partial charge < -0.3 is 9.47 Å². The molecular formula is C16H12N2O5. The van der Waals surface area contributed by atoms with E-state index in [2.05, 4.69) is 14.9 Å². The number of benzene rings is 1. The summed E-state index contributed by atoms with van der Waals surface area (Å²) in [5.74, 6) is -2.00. The minimum absolute atomic E-state index is 0.0870. The lowest BCUT2D eigenvalue weighted by atomic mass is 10.1. The first kappa shape index (κ1) is 14.8. The van der Waals surface area contributed by atoms with Gasteiger partial charge in [-0.1, -0.05) is 0 Å². The Morgan fingerprint density at radius 3 is 2.74 bits per heavy atom. The first-order chi connectivity index (χ1) is 11.1. The Morgan fingerprint density at radius 1 is 1.13 bits per heavy atom. The monoisotopic (exact) mass is 312 g/mol. The Balaban J connectivity index is 1.56. The van der Waals surface area contributed by atoms with E-state index in [4.69, 9.17) is 4.74 Å². The standard InChI is InChI=1S/C16H12N2O5/c19-14(22-8-2-4-11-3-1-7-17-18-11)10-5-6-12-13(9-10)16(21)23-15(12)20/h1,3,5-7,9H,2,4,8H2. The third kappa shape index (κ3) is 3.23. The molecule has 7 nitrogen and oxygen atoms in total. The summed E-state index contributed by atoms with van der Waals surface area (Å²) in [5.41, 5.74) is 1.27. The summed E-state index contributed by atoms with van der Waals surface area (Å²) in [6, 6.07) is 7.77. The summed E-state index contributed by atoms with van der Waals surface area (Å²) in [5, 5.41) is 7.70. The van der Waals surface area contributed by atoms with Crippen molar-refractivity contribution in [3.05, 3.63) is 58.9 Å². The van der Waals surface area contributed by atoms with Gasteiger partial charge in [-0.05, 0) is 43.2 Å². The van der Waals surface area contributed by atoms with E-state index in [1.807, 2.05) is 6.07 Å². The number of aryl methyl sites for hydroxylation is 1. The second-order valence-corrected chi connectivity index (χ2v) is 4.89. The summed E-state index contributed by atoms with van der Waals surface area (Å²) in [6.07, 6.45) is 2.84. The molecular weight excluding hydrogens is 300 g/mol. The van der Waals surface area contributed by atoms with Crippen LogP contribution in [-0.4, -0.2) is 34.7 Å². The maximum Gasteiger partial charge on any atom is 0.346 e. The quantitative estimate of drug-likeness (QED) is 0.470. The van der Waals surface area contributed by atoms with E-state index in [0.717, 1.165) is 5.69 Å². The highest BCUT2D eigenvalue weighted by molar-refractivity contribution is 6.15. The Labute approximate surface area is 131 Å². The molecule has 1 aliphatic heterocycles. The molecule has 0 bridgehead atoms. The summed E-state index contributed by atoms with van der Waals surface area (Å²) in [7, 11) is 0. The first-order valence-electron chi connectivity index (χ1n) is 6.99. The summed E-state index contributed by atoms with van der Waals surface area (Å²) >= 11 is 0. The van der Waals surface area contributed by atoms with Gasteiger partial charge in [-0.15, -0.1) is 0 Å². The maximum atomic E-state index is 12.0. The minimum atomic E-state index is -0.748. The van der Waals surface area contributed by atoms with E-state index in [9.17, 15) is 14.4 Å². The Bertz CT molecular complexity index is 773. The van der Waals surface area contributed by atoms with Crippen LogP contribution in [0.5, 0.6) is 0 Å². The highest BCUT2D eigenvalue weighted by atomic mass is 16.6. The molecule has 0 saturated carbocycles. The highest BCUT2D eigenvalue weighted by Gasteiger charge is 2.30. The van der Waals surface area contributed by atoms with Gasteiger partial charge in [0.15, 0.2) is 0 Å². The fourth-order valence-electron chi connectivity index (χ4n) is 2.18. The van der Waals surface area contributed by atoms with E-state index >= 15 is 0 Å². The van der Waals surface area contributed by atoms with Crippen LogP contribution >= 0.6 is 0 Å². The van der Waals surface area contributed by atoms with Gasteiger partial charge >= 0.3 is 17.9 Å². The molecule has 1 aromatic heterocycles. The summed E-state index contributed by atoms with van der Waals surface area (Å²) < 4.78 is 9.62. The second kappa shape index (κ2) is 6.35. The number of rotatable bonds is 5. The first-order valence-corrected chi connectivity index (χ1v) is 6.99. The van der Waals surface area contributed by atoms with Crippen molar-refractivity contribution < 1.29 is 23.9 Å². The van der Waals surface area contributed by atoms with Crippen molar-refractivity contribution in [1.29, 1.82) is 0 Å². The van der Waals surface area contributed by atoms with E-state index in [0.29, 0.717) is 12.8 Å². The third-order valence-corrected chi connectivity index (χ3v) is 3.32. The average Bonchev–Trinajstić information content (AvgIpc) is 2.86. The van der Waals surface area contributed by atoms with Crippen molar-refractivity contribution >= 4 is 17.9 Å². The fraction of sp³-hybridized carbons (Fsp3) is 0.188. The summed E-state index contributed by atoms with van der Waals surface area (Å²) in [4.78, 5) is 34.7. The van der Waals surface area contributed by atoms with Crippen LogP contribution in [0.15, 0.2) is 36.5 Å². The molecule has 0 amide bonds. The number of hydrogen-bond donors (Lipinski definition) is 0. The Hall–Kier alpha value is -3.09. The molecule has 2 heterocycles. The molecule has 116 valence electrons. The molecule has 2 aromatic rings. The normalized spacial score (nSPS) is 12.7. The van der Waals surface area contributed by atoms with E-state index in [-0.39, 0.29) is 23.3 Å². The lowest BCUT2D eigenvalue weighted by Gasteiger charge is -2.05. The Morgan fingerprint density at radius 2 is 1.96 bits per heavy atom. The van der Waals surface area contributed by atoms with Gasteiger partial charge in [-0.25, -0.2) is 14.4 Å². The SMILES string of the molecule is O=C(OCCCc1cccnn1)c1ccc2c(c1)C(=O)OC2=O. The molecule has 0 unspecified atom stereocenters. The molecule has 0 atom stereocenters. The van der Waals surface area contributed by atoms with Crippen LogP contribution in [0.2, 0.25) is 0 Å². The molecule has 0 N–H and O–H groups in total. The fourth-order valence-corrected chi connectivity index (χ4v) is 2.18. The van der Waals surface area contributed by atoms with Crippen LogP contribution in [0.1, 0.15) is 43.2 Å².